The van der Waals surface area contributed by atoms with E-state index in [1.54, 1.807) is 18.2 Å². The van der Waals surface area contributed by atoms with Gasteiger partial charge in [0.25, 0.3) is 5.91 Å². The number of nitrogens with two attached hydrogens (primary N) is 1. The molecule has 1 aromatic carbocycles. The molecule has 2 aliphatic carbocycles. The van der Waals surface area contributed by atoms with Crippen molar-refractivity contribution in [1.29, 1.82) is 0 Å². The molecule has 0 bridgehead atoms. The average Bonchev–Trinajstić information content (AvgIpc) is 3.22. The Balaban J connectivity index is 1.75. The number of anilines is 1. The molecule has 4 N–H and O–H groups in total. The van der Waals surface area contributed by atoms with Crippen molar-refractivity contribution in [3.8, 4) is 5.75 Å². The van der Waals surface area contributed by atoms with E-state index in [4.69, 9.17) is 5.73 Å². The largest absolute Gasteiger partial charge is 0.505 e. The minimum Gasteiger partial charge on any atom is -0.505 e. The molecule has 3 rings (SSSR count). The highest BCUT2D eigenvalue weighted by Crippen LogP contribution is 2.44. The average molecular weight is 246 g/mol. The lowest BCUT2D eigenvalue weighted by Gasteiger charge is -2.18. The van der Waals surface area contributed by atoms with Gasteiger partial charge in [0.2, 0.25) is 0 Å². The molecule has 0 saturated heterocycles. The van der Waals surface area contributed by atoms with Crippen molar-refractivity contribution in [3.63, 3.8) is 0 Å². The molecular formula is C14H18N2O2. The van der Waals surface area contributed by atoms with Crippen LogP contribution in [-0.4, -0.2) is 17.1 Å². The van der Waals surface area contributed by atoms with Crippen molar-refractivity contribution in [3.05, 3.63) is 23.8 Å². The van der Waals surface area contributed by atoms with Crippen LogP contribution in [0.2, 0.25) is 0 Å². The van der Waals surface area contributed by atoms with Crippen LogP contribution in [0, 0.1) is 11.8 Å². The van der Waals surface area contributed by atoms with E-state index in [-0.39, 0.29) is 22.9 Å². The maximum atomic E-state index is 12.2. The Morgan fingerprint density at radius 1 is 1.28 bits per heavy atom. The van der Waals surface area contributed by atoms with E-state index in [9.17, 15) is 9.90 Å². The molecule has 96 valence electrons. The molecule has 0 aliphatic heterocycles. The first-order valence-electron chi connectivity index (χ1n) is 6.55. The van der Waals surface area contributed by atoms with Crippen LogP contribution in [0.1, 0.15) is 36.0 Å². The van der Waals surface area contributed by atoms with Gasteiger partial charge in [0.05, 0.1) is 11.3 Å². The zero-order chi connectivity index (χ0) is 12.7. The molecular weight excluding hydrogens is 228 g/mol. The maximum Gasteiger partial charge on any atom is 0.255 e. The van der Waals surface area contributed by atoms with E-state index in [0.29, 0.717) is 17.9 Å². The molecule has 4 nitrogen and oxygen atoms in total. The highest BCUT2D eigenvalue weighted by atomic mass is 16.3. The van der Waals surface area contributed by atoms with Crippen LogP contribution in [0.5, 0.6) is 5.75 Å². The number of carbonyl (C=O) groups is 1. The van der Waals surface area contributed by atoms with Gasteiger partial charge in [-0.2, -0.15) is 0 Å². The zero-order valence-electron chi connectivity index (χ0n) is 10.2. The van der Waals surface area contributed by atoms with Gasteiger partial charge in [-0.15, -0.1) is 0 Å². The second-order valence-corrected chi connectivity index (χ2v) is 5.42. The summed E-state index contributed by atoms with van der Waals surface area (Å²) < 4.78 is 0. The van der Waals surface area contributed by atoms with Gasteiger partial charge >= 0.3 is 0 Å². The van der Waals surface area contributed by atoms with Crippen molar-refractivity contribution < 1.29 is 9.90 Å². The van der Waals surface area contributed by atoms with Gasteiger partial charge in [-0.3, -0.25) is 4.79 Å². The van der Waals surface area contributed by atoms with Gasteiger partial charge in [-0.1, -0.05) is 6.07 Å². The third kappa shape index (κ3) is 2.15. The number of hydrogen-bond acceptors (Lipinski definition) is 3. The molecule has 0 aromatic heterocycles. The zero-order valence-corrected chi connectivity index (χ0v) is 10.2. The van der Waals surface area contributed by atoms with Gasteiger partial charge < -0.3 is 16.2 Å². The number of phenols is 1. The number of carbonyl (C=O) groups excluding carboxylic acids is 1. The van der Waals surface area contributed by atoms with Crippen LogP contribution in [0.3, 0.4) is 0 Å². The Morgan fingerprint density at radius 3 is 2.44 bits per heavy atom. The summed E-state index contributed by atoms with van der Waals surface area (Å²) in [6.45, 7) is 0. The quantitative estimate of drug-likeness (QED) is 0.561. The molecule has 1 aromatic rings. The van der Waals surface area contributed by atoms with Crippen LogP contribution in [0.4, 0.5) is 5.69 Å². The summed E-state index contributed by atoms with van der Waals surface area (Å²) in [5.41, 5.74) is 6.13. The lowest BCUT2D eigenvalue weighted by molar-refractivity contribution is 0.0923. The predicted molar refractivity (Wildman–Crippen MR) is 69.2 cm³/mol. The van der Waals surface area contributed by atoms with Crippen LogP contribution in [0.15, 0.2) is 18.2 Å². The Hall–Kier alpha value is -1.71. The number of hydrogen-bond donors (Lipinski definition) is 3. The molecule has 0 unspecified atom stereocenters. The third-order valence-electron chi connectivity index (χ3n) is 3.87. The van der Waals surface area contributed by atoms with Crippen molar-refractivity contribution in [1.82, 2.24) is 5.32 Å². The molecule has 2 fully saturated rings. The van der Waals surface area contributed by atoms with E-state index >= 15 is 0 Å². The standard InChI is InChI=1S/C14H18N2O2/c15-11-3-1-2-10(13(11)17)14(18)16-12(8-4-5-8)9-6-7-9/h1-3,8-9,12,17H,4-7,15H2,(H,16,18). The number of phenolic OH excluding ortho intramolecular Hbond substituents is 1. The minimum atomic E-state index is -0.205. The molecule has 18 heavy (non-hydrogen) atoms. The molecule has 0 heterocycles. The number of aromatic hydroxyl groups is 1. The van der Waals surface area contributed by atoms with Gasteiger partial charge in [-0.05, 0) is 49.7 Å². The lowest BCUT2D eigenvalue weighted by atomic mass is 10.1. The summed E-state index contributed by atoms with van der Waals surface area (Å²) in [6, 6.07) is 5.18. The predicted octanol–water partition coefficient (Wildman–Crippen LogP) is 1.89. The number of para-hydroxylation sites is 1. The highest BCUT2D eigenvalue weighted by Gasteiger charge is 2.42. The molecule has 1 amide bonds. The molecule has 0 atom stereocenters. The van der Waals surface area contributed by atoms with Crippen LogP contribution in [0.25, 0.3) is 0 Å². The molecule has 2 aliphatic rings. The highest BCUT2D eigenvalue weighted by molar-refractivity contribution is 5.98. The Bertz CT molecular complexity index is 467. The first kappa shape index (κ1) is 11.4. The summed E-state index contributed by atoms with van der Waals surface area (Å²) in [4.78, 5) is 12.2. The smallest absolute Gasteiger partial charge is 0.255 e. The number of amides is 1. The lowest BCUT2D eigenvalue weighted by Crippen LogP contribution is -2.38. The van der Waals surface area contributed by atoms with Crippen molar-refractivity contribution in [2.75, 3.05) is 5.73 Å². The fourth-order valence-corrected chi connectivity index (χ4v) is 2.51. The number of rotatable bonds is 4. The second kappa shape index (κ2) is 4.19. The summed E-state index contributed by atoms with van der Waals surface area (Å²) >= 11 is 0. The number of benzene rings is 1. The second-order valence-electron chi connectivity index (χ2n) is 5.42. The van der Waals surface area contributed by atoms with Crippen LogP contribution >= 0.6 is 0 Å². The van der Waals surface area contributed by atoms with Crippen molar-refractivity contribution >= 4 is 11.6 Å². The molecule has 0 spiro atoms. The van der Waals surface area contributed by atoms with E-state index < -0.39 is 0 Å². The van der Waals surface area contributed by atoms with Crippen molar-refractivity contribution in [2.45, 2.75) is 31.7 Å². The molecule has 0 radical (unpaired) electrons. The van der Waals surface area contributed by atoms with E-state index in [2.05, 4.69) is 5.32 Å². The third-order valence-corrected chi connectivity index (χ3v) is 3.87. The normalized spacial score (nSPS) is 18.9. The SMILES string of the molecule is Nc1cccc(C(=O)NC(C2CC2)C2CC2)c1O. The van der Waals surface area contributed by atoms with Gasteiger partial charge in [0.1, 0.15) is 0 Å². The summed E-state index contributed by atoms with van der Waals surface area (Å²) in [5, 5.41) is 12.9. The van der Waals surface area contributed by atoms with Gasteiger partial charge in [0, 0.05) is 6.04 Å². The number of nitrogens with one attached hydrogen (secondary N) is 1. The van der Waals surface area contributed by atoms with E-state index in [0.717, 1.165) is 0 Å². The van der Waals surface area contributed by atoms with Crippen LogP contribution < -0.4 is 11.1 Å². The topological polar surface area (TPSA) is 75.4 Å². The Morgan fingerprint density at radius 2 is 1.89 bits per heavy atom. The fourth-order valence-electron chi connectivity index (χ4n) is 2.51. The first-order valence-corrected chi connectivity index (χ1v) is 6.55. The van der Waals surface area contributed by atoms with Crippen molar-refractivity contribution in [2.24, 2.45) is 11.8 Å². The van der Waals surface area contributed by atoms with E-state index in [1.165, 1.54) is 25.7 Å². The summed E-state index contributed by atoms with van der Waals surface area (Å²) in [6.07, 6.45) is 4.85. The van der Waals surface area contributed by atoms with Gasteiger partial charge in [0.15, 0.2) is 5.75 Å². The summed E-state index contributed by atoms with van der Waals surface area (Å²) in [7, 11) is 0. The van der Waals surface area contributed by atoms with Crippen LogP contribution in [-0.2, 0) is 0 Å². The van der Waals surface area contributed by atoms with E-state index in [1.807, 2.05) is 0 Å². The molecule has 2 saturated carbocycles. The Kier molecular flexibility index (Phi) is 2.65. The minimum absolute atomic E-state index is 0.111. The Labute approximate surface area is 106 Å². The monoisotopic (exact) mass is 246 g/mol. The maximum absolute atomic E-state index is 12.2. The summed E-state index contributed by atoms with van der Waals surface area (Å²) in [5.74, 6) is 0.971. The molecule has 4 heteroatoms. The fraction of sp³-hybridized carbons (Fsp3) is 0.500. The van der Waals surface area contributed by atoms with Gasteiger partial charge in [-0.25, -0.2) is 0 Å². The number of nitrogen functional groups attached to an aromatic ring is 1. The first-order chi connectivity index (χ1) is 8.66.